The summed E-state index contributed by atoms with van der Waals surface area (Å²) in [6.07, 6.45) is 1.59. The van der Waals surface area contributed by atoms with E-state index in [2.05, 4.69) is 15.9 Å². The van der Waals surface area contributed by atoms with E-state index in [4.69, 9.17) is 23.8 Å². The maximum atomic E-state index is 12.7. The predicted octanol–water partition coefficient (Wildman–Crippen LogP) is 5.42. The molecule has 1 aliphatic heterocycles. The number of carbonyl (C=O) groups is 1. The van der Waals surface area contributed by atoms with Crippen LogP contribution in [0.1, 0.15) is 5.56 Å². The Kier molecular flexibility index (Phi) is 5.24. The molecule has 1 heterocycles. The number of hydrogen-bond donors (Lipinski definition) is 0. The molecule has 1 amide bonds. The average molecular weight is 456 g/mol. The van der Waals surface area contributed by atoms with Gasteiger partial charge in [0.2, 0.25) is 0 Å². The lowest BCUT2D eigenvalue weighted by Crippen LogP contribution is -2.27. The van der Waals surface area contributed by atoms with E-state index in [1.807, 2.05) is 0 Å². The van der Waals surface area contributed by atoms with E-state index in [0.717, 1.165) is 16.2 Å². The largest absolute Gasteiger partial charge is 0.270 e. The Morgan fingerprint density at radius 1 is 1.28 bits per heavy atom. The highest BCUT2D eigenvalue weighted by Crippen LogP contribution is 2.38. The Bertz CT molecular complexity index is 949. The molecule has 2 aromatic carbocycles. The molecule has 0 spiro atoms. The van der Waals surface area contributed by atoms with Crippen molar-refractivity contribution in [1.29, 1.82) is 0 Å². The van der Waals surface area contributed by atoms with Crippen LogP contribution in [0.4, 0.5) is 11.4 Å². The molecule has 0 aromatic heterocycles. The van der Waals surface area contributed by atoms with E-state index >= 15 is 0 Å². The van der Waals surface area contributed by atoms with Crippen molar-refractivity contribution in [3.63, 3.8) is 0 Å². The number of nitro benzene ring substituents is 1. The van der Waals surface area contributed by atoms with Crippen LogP contribution in [0.3, 0.4) is 0 Å². The SMILES string of the molecule is O=C1/C(=C\c2cccc([N+](=O)[O-])c2)SC(=S)N1c1ccc(Br)c(Cl)c1. The fraction of sp³-hybridized carbons (Fsp3) is 0. The highest BCUT2D eigenvalue weighted by molar-refractivity contribution is 9.10. The number of nitro groups is 1. The zero-order valence-electron chi connectivity index (χ0n) is 12.3. The molecule has 0 bridgehead atoms. The van der Waals surface area contributed by atoms with Gasteiger partial charge in [0.1, 0.15) is 0 Å². The minimum atomic E-state index is -0.480. The minimum Gasteiger partial charge on any atom is -0.268 e. The van der Waals surface area contributed by atoms with Crippen LogP contribution in [-0.4, -0.2) is 15.2 Å². The monoisotopic (exact) mass is 454 g/mol. The van der Waals surface area contributed by atoms with Crippen LogP contribution in [-0.2, 0) is 4.79 Å². The van der Waals surface area contributed by atoms with Gasteiger partial charge in [0.05, 0.1) is 20.5 Å². The third kappa shape index (κ3) is 3.77. The number of amides is 1. The van der Waals surface area contributed by atoms with E-state index in [0.29, 0.717) is 25.5 Å². The molecule has 0 saturated carbocycles. The van der Waals surface area contributed by atoms with Crippen molar-refractivity contribution in [3.8, 4) is 0 Å². The highest BCUT2D eigenvalue weighted by atomic mass is 79.9. The second kappa shape index (κ2) is 7.25. The first-order valence-corrected chi connectivity index (χ1v) is 9.24. The number of halogens is 2. The molecule has 0 aliphatic carbocycles. The number of non-ortho nitro benzene ring substituents is 1. The smallest absolute Gasteiger partial charge is 0.268 e. The van der Waals surface area contributed by atoms with Gasteiger partial charge < -0.3 is 0 Å². The standard InChI is InChI=1S/C16H8BrClN2O3S2/c17-12-5-4-10(8-13(12)18)19-15(21)14(25-16(19)24)7-9-2-1-3-11(6-9)20(22)23/h1-8H/b14-7+. The van der Waals surface area contributed by atoms with Gasteiger partial charge in [-0.05, 0) is 45.8 Å². The maximum absolute atomic E-state index is 12.7. The zero-order valence-corrected chi connectivity index (χ0v) is 16.3. The predicted molar refractivity (Wildman–Crippen MR) is 108 cm³/mol. The van der Waals surface area contributed by atoms with Crippen LogP contribution < -0.4 is 4.90 Å². The molecule has 9 heteroatoms. The Morgan fingerprint density at radius 3 is 2.72 bits per heavy atom. The maximum Gasteiger partial charge on any atom is 0.270 e. The Morgan fingerprint density at radius 2 is 2.04 bits per heavy atom. The highest BCUT2D eigenvalue weighted by Gasteiger charge is 2.33. The summed E-state index contributed by atoms with van der Waals surface area (Å²) in [4.78, 5) is 24.9. The van der Waals surface area contributed by atoms with E-state index in [9.17, 15) is 14.9 Å². The van der Waals surface area contributed by atoms with Gasteiger partial charge in [-0.2, -0.15) is 0 Å². The van der Waals surface area contributed by atoms with Crippen LogP contribution in [0.25, 0.3) is 6.08 Å². The van der Waals surface area contributed by atoms with Crippen molar-refractivity contribution in [2.24, 2.45) is 0 Å². The summed E-state index contributed by atoms with van der Waals surface area (Å²) in [6.45, 7) is 0. The number of anilines is 1. The topological polar surface area (TPSA) is 63.4 Å². The van der Waals surface area contributed by atoms with Crippen molar-refractivity contribution in [2.45, 2.75) is 0 Å². The molecule has 0 atom stereocenters. The first kappa shape index (κ1) is 18.1. The summed E-state index contributed by atoms with van der Waals surface area (Å²) in [5, 5.41) is 11.3. The van der Waals surface area contributed by atoms with Gasteiger partial charge in [-0.3, -0.25) is 19.8 Å². The van der Waals surface area contributed by atoms with Gasteiger partial charge in [0.25, 0.3) is 11.6 Å². The van der Waals surface area contributed by atoms with Crippen molar-refractivity contribution < 1.29 is 9.72 Å². The van der Waals surface area contributed by atoms with Crippen LogP contribution >= 0.6 is 51.5 Å². The molecule has 3 rings (SSSR count). The average Bonchev–Trinajstić information content (AvgIpc) is 2.84. The normalized spacial score (nSPS) is 15.9. The molecule has 1 fully saturated rings. The van der Waals surface area contributed by atoms with Crippen LogP contribution in [0, 0.1) is 10.1 Å². The zero-order chi connectivity index (χ0) is 18.1. The number of nitrogens with zero attached hydrogens (tertiary/aromatic N) is 2. The minimum absolute atomic E-state index is 0.0380. The van der Waals surface area contributed by atoms with E-state index < -0.39 is 4.92 Å². The Labute approximate surface area is 165 Å². The molecule has 0 radical (unpaired) electrons. The van der Waals surface area contributed by atoms with Gasteiger partial charge in [-0.15, -0.1) is 0 Å². The summed E-state index contributed by atoms with van der Waals surface area (Å²) in [6, 6.07) is 11.2. The number of thioether (sulfide) groups is 1. The van der Waals surface area contributed by atoms with Crippen molar-refractivity contribution in [3.05, 3.63) is 72.5 Å². The second-order valence-electron chi connectivity index (χ2n) is 4.97. The Balaban J connectivity index is 1.94. The van der Waals surface area contributed by atoms with E-state index in [1.165, 1.54) is 17.0 Å². The molecule has 5 nitrogen and oxygen atoms in total. The first-order chi connectivity index (χ1) is 11.9. The fourth-order valence-electron chi connectivity index (χ4n) is 2.19. The third-order valence-electron chi connectivity index (χ3n) is 3.33. The number of thiocarbonyl (C=S) groups is 1. The van der Waals surface area contributed by atoms with Gasteiger partial charge in [0.15, 0.2) is 4.32 Å². The lowest BCUT2D eigenvalue weighted by molar-refractivity contribution is -0.384. The lowest BCUT2D eigenvalue weighted by Gasteiger charge is -2.15. The molecular formula is C16H8BrClN2O3S2. The van der Waals surface area contributed by atoms with Crippen LogP contribution in [0.2, 0.25) is 5.02 Å². The fourth-order valence-corrected chi connectivity index (χ4v) is 3.91. The molecule has 2 aromatic rings. The summed E-state index contributed by atoms with van der Waals surface area (Å²) in [7, 11) is 0. The summed E-state index contributed by atoms with van der Waals surface area (Å²) >= 11 is 15.8. The number of benzene rings is 2. The van der Waals surface area contributed by atoms with Crippen molar-refractivity contribution in [1.82, 2.24) is 0 Å². The summed E-state index contributed by atoms with van der Waals surface area (Å²) < 4.78 is 1.09. The number of rotatable bonds is 3. The van der Waals surface area contributed by atoms with Gasteiger partial charge in [0, 0.05) is 16.6 Å². The molecule has 1 aliphatic rings. The molecule has 0 unspecified atom stereocenters. The van der Waals surface area contributed by atoms with Gasteiger partial charge in [-0.1, -0.05) is 47.7 Å². The van der Waals surface area contributed by atoms with Crippen molar-refractivity contribution >= 4 is 79.2 Å². The van der Waals surface area contributed by atoms with Gasteiger partial charge in [-0.25, -0.2) is 0 Å². The van der Waals surface area contributed by atoms with E-state index in [-0.39, 0.29) is 11.6 Å². The third-order valence-corrected chi connectivity index (χ3v) is 5.87. The molecule has 126 valence electrons. The molecule has 25 heavy (non-hydrogen) atoms. The molecule has 1 saturated heterocycles. The van der Waals surface area contributed by atoms with Crippen LogP contribution in [0.5, 0.6) is 0 Å². The molecule has 0 N–H and O–H groups in total. The number of hydrogen-bond acceptors (Lipinski definition) is 5. The Hall–Kier alpha value is -1.74. The summed E-state index contributed by atoms with van der Waals surface area (Å²) in [5.74, 6) is -0.292. The quantitative estimate of drug-likeness (QED) is 0.268. The lowest BCUT2D eigenvalue weighted by atomic mass is 10.2. The number of carbonyl (C=O) groups excluding carboxylic acids is 1. The van der Waals surface area contributed by atoms with E-state index in [1.54, 1.807) is 36.4 Å². The summed E-state index contributed by atoms with van der Waals surface area (Å²) in [5.41, 5.74) is 1.09. The van der Waals surface area contributed by atoms with Crippen LogP contribution in [0.15, 0.2) is 51.8 Å². The van der Waals surface area contributed by atoms with Crippen molar-refractivity contribution in [2.75, 3.05) is 4.90 Å². The molecular weight excluding hydrogens is 448 g/mol. The van der Waals surface area contributed by atoms with Gasteiger partial charge >= 0.3 is 0 Å². The first-order valence-electron chi connectivity index (χ1n) is 6.84. The second-order valence-corrected chi connectivity index (χ2v) is 7.90.